The molecule has 2 N–H and O–H groups in total. The number of rotatable bonds is 6. The number of aromatic nitrogens is 1. The third kappa shape index (κ3) is 4.23. The molecule has 1 heterocycles. The highest BCUT2D eigenvalue weighted by molar-refractivity contribution is 7.16. The molecular weight excluding hydrogens is 368 g/mol. The molecule has 0 amide bonds. The summed E-state index contributed by atoms with van der Waals surface area (Å²) in [6.45, 7) is 4.28. The molecule has 134 valence electrons. The Kier molecular flexibility index (Phi) is 5.59. The Balaban J connectivity index is 1.96. The van der Waals surface area contributed by atoms with Crippen molar-refractivity contribution in [2.45, 2.75) is 26.2 Å². The van der Waals surface area contributed by atoms with Crippen LogP contribution in [0.1, 0.15) is 30.2 Å². The summed E-state index contributed by atoms with van der Waals surface area (Å²) in [6, 6.07) is 15.5. The lowest BCUT2D eigenvalue weighted by Crippen LogP contribution is -1.99. The number of anilines is 2. The number of nitrogens with zero attached hydrogens (tertiary/aromatic N) is 1. The molecule has 3 rings (SSSR count). The fourth-order valence-corrected chi connectivity index (χ4v) is 3.76. The van der Waals surface area contributed by atoms with Crippen molar-refractivity contribution in [2.24, 2.45) is 0 Å². The van der Waals surface area contributed by atoms with Crippen molar-refractivity contribution in [2.75, 3.05) is 5.32 Å². The van der Waals surface area contributed by atoms with Gasteiger partial charge in [0.15, 0.2) is 5.13 Å². The summed E-state index contributed by atoms with van der Waals surface area (Å²) < 4.78 is 0. The number of nitrogens with one attached hydrogen (secondary N) is 1. The number of carboxylic acid groups (broad SMARTS) is 1. The van der Waals surface area contributed by atoms with Crippen LogP contribution in [0.5, 0.6) is 0 Å². The second-order valence-electron chi connectivity index (χ2n) is 6.24. The number of carboxylic acids is 1. The van der Waals surface area contributed by atoms with Gasteiger partial charge in [0.2, 0.25) is 0 Å². The SMILES string of the molecule is CC(C)c1ccc(-c2nc(Nc3ccccc3Cl)sc2CC(=O)O)cc1. The number of carbonyl (C=O) groups is 1. The number of hydrogen-bond donors (Lipinski definition) is 2. The van der Waals surface area contributed by atoms with Crippen molar-refractivity contribution in [3.8, 4) is 11.3 Å². The fourth-order valence-electron chi connectivity index (χ4n) is 2.59. The maximum atomic E-state index is 11.3. The molecule has 2 aromatic carbocycles. The Hall–Kier alpha value is -2.37. The summed E-state index contributed by atoms with van der Waals surface area (Å²) in [5.74, 6) is -0.437. The summed E-state index contributed by atoms with van der Waals surface area (Å²) in [4.78, 5) is 16.6. The van der Waals surface area contributed by atoms with E-state index in [0.29, 0.717) is 26.6 Å². The van der Waals surface area contributed by atoms with Crippen LogP contribution in [-0.2, 0) is 11.2 Å². The molecule has 3 aromatic rings. The second kappa shape index (κ2) is 7.89. The van der Waals surface area contributed by atoms with E-state index in [9.17, 15) is 9.90 Å². The minimum atomic E-state index is -0.877. The smallest absolute Gasteiger partial charge is 0.308 e. The van der Waals surface area contributed by atoms with E-state index in [2.05, 4.69) is 36.3 Å². The second-order valence-corrected chi connectivity index (χ2v) is 7.73. The maximum absolute atomic E-state index is 11.3. The quantitative estimate of drug-likeness (QED) is 0.548. The number of aliphatic carboxylic acids is 1. The van der Waals surface area contributed by atoms with Crippen molar-refractivity contribution in [1.82, 2.24) is 4.98 Å². The summed E-state index contributed by atoms with van der Waals surface area (Å²) in [7, 11) is 0. The Morgan fingerprint density at radius 2 is 1.88 bits per heavy atom. The normalized spacial score (nSPS) is 10.9. The zero-order valence-electron chi connectivity index (χ0n) is 14.5. The maximum Gasteiger partial charge on any atom is 0.308 e. The molecule has 4 nitrogen and oxygen atoms in total. The van der Waals surface area contributed by atoms with E-state index in [1.165, 1.54) is 16.9 Å². The van der Waals surface area contributed by atoms with E-state index in [-0.39, 0.29) is 6.42 Å². The zero-order valence-corrected chi connectivity index (χ0v) is 16.1. The minimum absolute atomic E-state index is 0.0663. The van der Waals surface area contributed by atoms with Gasteiger partial charge in [0.1, 0.15) is 0 Å². The molecule has 0 radical (unpaired) electrons. The molecular formula is C20H19ClN2O2S. The van der Waals surface area contributed by atoms with Crippen LogP contribution in [0.4, 0.5) is 10.8 Å². The molecule has 1 aromatic heterocycles. The van der Waals surface area contributed by atoms with Crippen LogP contribution < -0.4 is 5.32 Å². The van der Waals surface area contributed by atoms with Gasteiger partial charge in [-0.15, -0.1) is 11.3 Å². The first-order chi connectivity index (χ1) is 12.4. The van der Waals surface area contributed by atoms with Crippen molar-refractivity contribution in [1.29, 1.82) is 0 Å². The number of hydrogen-bond acceptors (Lipinski definition) is 4. The van der Waals surface area contributed by atoms with Gasteiger partial charge in [0.05, 0.1) is 22.8 Å². The third-order valence-electron chi connectivity index (χ3n) is 3.98. The average Bonchev–Trinajstić information content (AvgIpc) is 2.98. The van der Waals surface area contributed by atoms with Crippen LogP contribution in [0.15, 0.2) is 48.5 Å². The van der Waals surface area contributed by atoms with Crippen molar-refractivity contribution in [3.63, 3.8) is 0 Å². The first-order valence-electron chi connectivity index (χ1n) is 8.27. The van der Waals surface area contributed by atoms with Gasteiger partial charge in [-0.1, -0.05) is 61.8 Å². The topological polar surface area (TPSA) is 62.2 Å². The van der Waals surface area contributed by atoms with Crippen LogP contribution in [0.25, 0.3) is 11.3 Å². The average molecular weight is 387 g/mol. The van der Waals surface area contributed by atoms with Gasteiger partial charge in [0.25, 0.3) is 0 Å². The zero-order chi connectivity index (χ0) is 18.7. The lowest BCUT2D eigenvalue weighted by atomic mass is 10.0. The number of para-hydroxylation sites is 1. The summed E-state index contributed by atoms with van der Waals surface area (Å²) in [6.07, 6.45) is -0.0663. The van der Waals surface area contributed by atoms with E-state index >= 15 is 0 Å². The Morgan fingerprint density at radius 3 is 2.50 bits per heavy atom. The van der Waals surface area contributed by atoms with E-state index in [4.69, 9.17) is 11.6 Å². The van der Waals surface area contributed by atoms with Gasteiger partial charge in [-0.25, -0.2) is 4.98 Å². The Morgan fingerprint density at radius 1 is 1.19 bits per heavy atom. The van der Waals surface area contributed by atoms with Gasteiger partial charge in [0, 0.05) is 10.4 Å². The van der Waals surface area contributed by atoms with Gasteiger partial charge < -0.3 is 10.4 Å². The molecule has 0 spiro atoms. The fraction of sp³-hybridized carbons (Fsp3) is 0.200. The van der Waals surface area contributed by atoms with Gasteiger partial charge >= 0.3 is 5.97 Å². The molecule has 0 bridgehead atoms. The van der Waals surface area contributed by atoms with E-state index in [1.807, 2.05) is 30.3 Å². The predicted molar refractivity (Wildman–Crippen MR) is 108 cm³/mol. The van der Waals surface area contributed by atoms with Gasteiger partial charge in [-0.2, -0.15) is 0 Å². The summed E-state index contributed by atoms with van der Waals surface area (Å²) >= 11 is 7.52. The van der Waals surface area contributed by atoms with Crippen LogP contribution >= 0.6 is 22.9 Å². The third-order valence-corrected chi connectivity index (χ3v) is 5.28. The molecule has 0 saturated carbocycles. The molecule has 6 heteroatoms. The van der Waals surface area contributed by atoms with E-state index in [0.717, 1.165) is 11.3 Å². The Labute approximate surface area is 161 Å². The summed E-state index contributed by atoms with van der Waals surface area (Å²) in [5.41, 5.74) is 3.58. The molecule has 0 aliphatic rings. The molecule has 0 saturated heterocycles. The van der Waals surface area contributed by atoms with Crippen LogP contribution in [0.3, 0.4) is 0 Å². The van der Waals surface area contributed by atoms with E-state index in [1.54, 1.807) is 6.07 Å². The molecule has 0 atom stereocenters. The highest BCUT2D eigenvalue weighted by Gasteiger charge is 2.16. The van der Waals surface area contributed by atoms with E-state index < -0.39 is 5.97 Å². The summed E-state index contributed by atoms with van der Waals surface area (Å²) in [5, 5.41) is 13.6. The number of thiazole rings is 1. The molecule has 0 fully saturated rings. The molecule has 26 heavy (non-hydrogen) atoms. The monoisotopic (exact) mass is 386 g/mol. The van der Waals surface area contributed by atoms with Crippen LogP contribution in [-0.4, -0.2) is 16.1 Å². The first kappa shape index (κ1) is 18.4. The van der Waals surface area contributed by atoms with Gasteiger partial charge in [-0.3, -0.25) is 4.79 Å². The minimum Gasteiger partial charge on any atom is -0.481 e. The van der Waals surface area contributed by atoms with Crippen LogP contribution in [0.2, 0.25) is 5.02 Å². The molecule has 0 aliphatic heterocycles. The highest BCUT2D eigenvalue weighted by Crippen LogP contribution is 2.35. The highest BCUT2D eigenvalue weighted by atomic mass is 35.5. The largest absolute Gasteiger partial charge is 0.481 e. The Bertz CT molecular complexity index is 920. The lowest BCUT2D eigenvalue weighted by molar-refractivity contribution is -0.136. The standard InChI is InChI=1S/C20H19ClN2O2S/c1-12(2)13-7-9-14(10-8-13)19-17(11-18(24)25)26-20(23-19)22-16-6-4-3-5-15(16)21/h3-10,12H,11H2,1-2H3,(H,22,23)(H,24,25). The van der Waals surface area contributed by atoms with Crippen molar-refractivity contribution >= 4 is 39.7 Å². The lowest BCUT2D eigenvalue weighted by Gasteiger charge is -2.06. The number of benzene rings is 2. The first-order valence-corrected chi connectivity index (χ1v) is 9.47. The van der Waals surface area contributed by atoms with Gasteiger partial charge in [-0.05, 0) is 23.6 Å². The van der Waals surface area contributed by atoms with Crippen LogP contribution in [0, 0.1) is 0 Å². The predicted octanol–water partition coefficient (Wildman–Crippen LogP) is 5.96. The van der Waals surface area contributed by atoms with Crippen molar-refractivity contribution < 1.29 is 9.90 Å². The molecule has 0 aliphatic carbocycles. The number of halogens is 1. The molecule has 0 unspecified atom stereocenters. The van der Waals surface area contributed by atoms with Crippen molar-refractivity contribution in [3.05, 3.63) is 64.0 Å².